The molecule has 208 valence electrons. The summed E-state index contributed by atoms with van der Waals surface area (Å²) in [7, 11) is 0. The largest absolute Gasteiger partial charge is 0.379 e. The second-order valence-electron chi connectivity index (χ2n) is 8.38. The average Bonchev–Trinajstić information content (AvgIpc) is 2.95. The zero-order valence-corrected chi connectivity index (χ0v) is 23.4. The molecule has 0 aliphatic carbocycles. The highest BCUT2D eigenvalue weighted by molar-refractivity contribution is 6.30. The van der Waals surface area contributed by atoms with E-state index in [-0.39, 0.29) is 0 Å². The summed E-state index contributed by atoms with van der Waals surface area (Å²) in [5.41, 5.74) is 3.45. The van der Waals surface area contributed by atoms with E-state index in [1.165, 1.54) is 30.5 Å². The van der Waals surface area contributed by atoms with Crippen molar-refractivity contribution < 1.29 is 23.7 Å². The van der Waals surface area contributed by atoms with Crippen LogP contribution in [0.4, 0.5) is 5.69 Å². The number of anilines is 1. The van der Waals surface area contributed by atoms with Gasteiger partial charge in [-0.05, 0) is 30.9 Å². The summed E-state index contributed by atoms with van der Waals surface area (Å²) in [5.74, 6) is 0. The van der Waals surface area contributed by atoms with E-state index < -0.39 is 0 Å². The maximum atomic E-state index is 6.39. The van der Waals surface area contributed by atoms with Crippen LogP contribution < -0.4 is 4.90 Å². The van der Waals surface area contributed by atoms with Crippen molar-refractivity contribution in [3.8, 4) is 0 Å². The normalized spacial score (nSPS) is 13.3. The molecule has 0 spiro atoms. The van der Waals surface area contributed by atoms with Gasteiger partial charge in [0.25, 0.3) is 0 Å². The molecule has 2 aromatic rings. The maximum absolute atomic E-state index is 6.39. The lowest BCUT2D eigenvalue weighted by Crippen LogP contribution is -2.30. The Hall–Kier alpha value is -1.74. The minimum Gasteiger partial charge on any atom is -0.379 e. The van der Waals surface area contributed by atoms with Gasteiger partial charge in [0.05, 0.1) is 66.1 Å². The van der Waals surface area contributed by atoms with Crippen molar-refractivity contribution in [1.29, 1.82) is 0 Å². The van der Waals surface area contributed by atoms with Gasteiger partial charge < -0.3 is 28.6 Å². The number of halogens is 1. The average molecular weight is 537 g/mol. The fraction of sp³-hybridized carbons (Fsp3) is 0.621. The quantitative estimate of drug-likeness (QED) is 0.182. The number of benzene rings is 1. The lowest BCUT2D eigenvalue weighted by Gasteiger charge is -2.30. The number of nitrogens with zero attached hydrogens (tertiary/aromatic N) is 2. The summed E-state index contributed by atoms with van der Waals surface area (Å²) in [6, 6.07) is 12.2. The SMILES string of the molecule is CC.Clc1nccc(N2CCCCC2)c1CCOCCOCCOCCOCCOCc1ccccc1. The summed E-state index contributed by atoms with van der Waals surface area (Å²) >= 11 is 6.39. The first-order valence-electron chi connectivity index (χ1n) is 13.7. The molecule has 1 saturated heterocycles. The standard InChI is InChI=1S/C27H39ClN2O5.C2H6/c28-27-25(26(9-11-29-27)30-12-5-2-6-13-30)10-14-31-15-16-32-17-18-33-19-20-34-21-22-35-23-24-7-3-1-4-8-24;1-2/h1,3-4,7-9,11H,2,5-6,10,12-23H2;1-2H3. The number of pyridine rings is 1. The number of piperidine rings is 1. The number of ether oxygens (including phenoxy) is 5. The minimum atomic E-state index is 0.539. The lowest BCUT2D eigenvalue weighted by molar-refractivity contribution is -0.0123. The first-order valence-corrected chi connectivity index (χ1v) is 14.0. The number of hydrogen-bond acceptors (Lipinski definition) is 7. The van der Waals surface area contributed by atoms with Gasteiger partial charge in [0, 0.05) is 37.0 Å². The van der Waals surface area contributed by atoms with E-state index in [1.807, 2.05) is 44.2 Å². The Kier molecular flexibility index (Phi) is 18.1. The smallest absolute Gasteiger partial charge is 0.134 e. The van der Waals surface area contributed by atoms with Gasteiger partial charge in [-0.2, -0.15) is 0 Å². The van der Waals surface area contributed by atoms with Crippen molar-refractivity contribution in [2.45, 2.75) is 46.1 Å². The van der Waals surface area contributed by atoms with Gasteiger partial charge in [-0.1, -0.05) is 55.8 Å². The third-order valence-electron chi connectivity index (χ3n) is 5.77. The Bertz CT molecular complexity index is 806. The topological polar surface area (TPSA) is 62.3 Å². The molecule has 1 fully saturated rings. The minimum absolute atomic E-state index is 0.539. The Morgan fingerprint density at radius 1 is 0.703 bits per heavy atom. The van der Waals surface area contributed by atoms with E-state index in [2.05, 4.69) is 16.0 Å². The summed E-state index contributed by atoms with van der Waals surface area (Å²) in [5, 5.41) is 0.578. The fourth-order valence-electron chi connectivity index (χ4n) is 3.94. The molecule has 1 aromatic carbocycles. The number of hydrogen-bond donors (Lipinski definition) is 0. The molecular weight excluding hydrogens is 492 g/mol. The third-order valence-corrected chi connectivity index (χ3v) is 6.10. The summed E-state index contributed by atoms with van der Waals surface area (Å²) in [4.78, 5) is 6.68. The maximum Gasteiger partial charge on any atom is 0.134 e. The van der Waals surface area contributed by atoms with Crippen LogP contribution in [-0.2, 0) is 36.7 Å². The molecule has 0 radical (unpaired) electrons. The number of aromatic nitrogens is 1. The molecule has 3 rings (SSSR count). The van der Waals surface area contributed by atoms with Crippen LogP contribution in [0.25, 0.3) is 0 Å². The lowest BCUT2D eigenvalue weighted by atomic mass is 10.1. The molecular formula is C29H45ClN2O5. The van der Waals surface area contributed by atoms with Crippen LogP contribution in [-0.4, -0.2) is 77.5 Å². The molecule has 0 unspecified atom stereocenters. The van der Waals surface area contributed by atoms with Crippen LogP contribution in [0.1, 0.15) is 44.2 Å². The molecule has 1 aliphatic rings. The van der Waals surface area contributed by atoms with Crippen LogP contribution >= 0.6 is 11.6 Å². The molecule has 0 bridgehead atoms. The van der Waals surface area contributed by atoms with Gasteiger partial charge in [0.2, 0.25) is 0 Å². The molecule has 7 nitrogen and oxygen atoms in total. The molecule has 1 aliphatic heterocycles. The molecule has 2 heterocycles. The molecule has 1 aromatic heterocycles. The Balaban J connectivity index is 0.00000235. The molecule has 37 heavy (non-hydrogen) atoms. The predicted octanol–water partition coefficient (Wildman–Crippen LogP) is 5.58. The Morgan fingerprint density at radius 3 is 1.84 bits per heavy atom. The molecule has 0 atom stereocenters. The monoisotopic (exact) mass is 536 g/mol. The fourth-order valence-corrected chi connectivity index (χ4v) is 4.19. The van der Waals surface area contributed by atoms with Crippen LogP contribution in [0.5, 0.6) is 0 Å². The highest BCUT2D eigenvalue weighted by Gasteiger charge is 2.16. The molecule has 8 heteroatoms. The Morgan fingerprint density at radius 2 is 1.24 bits per heavy atom. The van der Waals surface area contributed by atoms with Crippen molar-refractivity contribution in [3.63, 3.8) is 0 Å². The van der Waals surface area contributed by atoms with E-state index in [0.29, 0.717) is 71.2 Å². The van der Waals surface area contributed by atoms with Crippen molar-refractivity contribution in [3.05, 3.63) is 58.9 Å². The first-order chi connectivity index (χ1) is 18.3. The van der Waals surface area contributed by atoms with Crippen LogP contribution in [0.3, 0.4) is 0 Å². The first kappa shape index (κ1) is 31.5. The second kappa shape index (κ2) is 21.2. The van der Waals surface area contributed by atoms with Crippen molar-refractivity contribution in [2.75, 3.05) is 77.5 Å². The van der Waals surface area contributed by atoms with Crippen molar-refractivity contribution in [2.24, 2.45) is 0 Å². The van der Waals surface area contributed by atoms with E-state index in [0.717, 1.165) is 25.1 Å². The van der Waals surface area contributed by atoms with Gasteiger partial charge in [-0.3, -0.25) is 0 Å². The Labute approximate surface area is 228 Å². The zero-order chi connectivity index (χ0) is 26.4. The summed E-state index contributed by atoms with van der Waals surface area (Å²) in [6.07, 6.45) is 6.30. The highest BCUT2D eigenvalue weighted by atomic mass is 35.5. The van der Waals surface area contributed by atoms with Gasteiger partial charge in [-0.15, -0.1) is 0 Å². The van der Waals surface area contributed by atoms with Gasteiger partial charge in [0.1, 0.15) is 5.15 Å². The predicted molar refractivity (Wildman–Crippen MR) is 150 cm³/mol. The van der Waals surface area contributed by atoms with Crippen molar-refractivity contribution in [1.82, 2.24) is 4.98 Å². The van der Waals surface area contributed by atoms with Gasteiger partial charge in [-0.25, -0.2) is 4.98 Å². The highest BCUT2D eigenvalue weighted by Crippen LogP contribution is 2.28. The van der Waals surface area contributed by atoms with Gasteiger partial charge >= 0.3 is 0 Å². The molecule has 0 N–H and O–H groups in total. The summed E-state index contributed by atoms with van der Waals surface area (Å²) in [6.45, 7) is 11.8. The molecule has 0 saturated carbocycles. The third kappa shape index (κ3) is 13.6. The molecule has 0 amide bonds. The second-order valence-corrected chi connectivity index (χ2v) is 8.74. The van der Waals surface area contributed by atoms with Crippen LogP contribution in [0.2, 0.25) is 5.15 Å². The number of rotatable bonds is 18. The van der Waals surface area contributed by atoms with E-state index in [9.17, 15) is 0 Å². The van der Waals surface area contributed by atoms with E-state index >= 15 is 0 Å². The van der Waals surface area contributed by atoms with E-state index in [4.69, 9.17) is 35.3 Å². The van der Waals surface area contributed by atoms with Crippen LogP contribution in [0, 0.1) is 0 Å². The van der Waals surface area contributed by atoms with Crippen LogP contribution in [0.15, 0.2) is 42.6 Å². The van der Waals surface area contributed by atoms with Crippen molar-refractivity contribution >= 4 is 17.3 Å². The summed E-state index contributed by atoms with van der Waals surface area (Å²) < 4.78 is 27.9. The van der Waals surface area contributed by atoms with E-state index in [1.54, 1.807) is 6.20 Å². The zero-order valence-electron chi connectivity index (χ0n) is 22.7. The van der Waals surface area contributed by atoms with Gasteiger partial charge in [0.15, 0.2) is 0 Å².